The molecule has 1 saturated heterocycles. The number of hydrogen-bond donors (Lipinski definition) is 1. The van der Waals surface area contributed by atoms with Crippen LogP contribution in [-0.4, -0.2) is 50.8 Å². The molecule has 4 nitrogen and oxygen atoms in total. The Balaban J connectivity index is 1.78. The van der Waals surface area contributed by atoms with Crippen molar-refractivity contribution in [2.75, 3.05) is 39.9 Å². The summed E-state index contributed by atoms with van der Waals surface area (Å²) in [5.41, 5.74) is 0. The van der Waals surface area contributed by atoms with E-state index in [1.807, 2.05) is 24.3 Å². The zero-order chi connectivity index (χ0) is 14.4. The highest BCUT2D eigenvalue weighted by atomic mass is 16.5. The van der Waals surface area contributed by atoms with E-state index >= 15 is 0 Å². The van der Waals surface area contributed by atoms with Gasteiger partial charge in [0, 0.05) is 32.2 Å². The highest BCUT2D eigenvalue weighted by Crippen LogP contribution is 2.17. The summed E-state index contributed by atoms with van der Waals surface area (Å²) in [6, 6.07) is 8.38. The molecule has 0 amide bonds. The van der Waals surface area contributed by atoms with Gasteiger partial charge in [-0.3, -0.25) is 4.90 Å². The van der Waals surface area contributed by atoms with E-state index in [0.29, 0.717) is 12.0 Å². The standard InChI is InChI=1S/C16H26N2O2/c1-13(2)16-12-17-8-9-18(16)10-11-20-15-6-4-14(19-3)5-7-15/h4-7,13,16-17H,8-12H2,1-3H3. The summed E-state index contributed by atoms with van der Waals surface area (Å²) in [5.74, 6) is 2.44. The maximum Gasteiger partial charge on any atom is 0.119 e. The van der Waals surface area contributed by atoms with Crippen LogP contribution in [0.15, 0.2) is 24.3 Å². The van der Waals surface area contributed by atoms with Crippen LogP contribution in [0.4, 0.5) is 0 Å². The predicted octanol–water partition coefficient (Wildman–Crippen LogP) is 2.00. The van der Waals surface area contributed by atoms with Crippen molar-refractivity contribution in [1.29, 1.82) is 0 Å². The topological polar surface area (TPSA) is 33.7 Å². The first-order chi connectivity index (χ1) is 9.70. The molecule has 1 N–H and O–H groups in total. The fraction of sp³-hybridized carbons (Fsp3) is 0.625. The Bertz CT molecular complexity index is 392. The lowest BCUT2D eigenvalue weighted by Gasteiger charge is -2.38. The minimum absolute atomic E-state index is 0.614. The molecule has 0 radical (unpaired) electrons. The van der Waals surface area contributed by atoms with E-state index in [4.69, 9.17) is 9.47 Å². The molecule has 1 unspecified atom stereocenters. The van der Waals surface area contributed by atoms with Crippen molar-refractivity contribution < 1.29 is 9.47 Å². The number of nitrogens with zero attached hydrogens (tertiary/aromatic N) is 1. The van der Waals surface area contributed by atoms with E-state index in [9.17, 15) is 0 Å². The summed E-state index contributed by atoms with van der Waals surface area (Å²) < 4.78 is 11.0. The van der Waals surface area contributed by atoms with Crippen molar-refractivity contribution in [3.8, 4) is 11.5 Å². The van der Waals surface area contributed by atoms with E-state index in [2.05, 4.69) is 24.1 Å². The van der Waals surface area contributed by atoms with Crippen LogP contribution in [0.25, 0.3) is 0 Å². The predicted molar refractivity (Wildman–Crippen MR) is 81.6 cm³/mol. The molecule has 0 aromatic heterocycles. The van der Waals surface area contributed by atoms with Crippen molar-refractivity contribution in [3.63, 3.8) is 0 Å². The molecule has 1 aromatic rings. The molecule has 20 heavy (non-hydrogen) atoms. The second kappa shape index (κ2) is 7.50. The second-order valence-electron chi connectivity index (χ2n) is 5.58. The number of rotatable bonds is 6. The summed E-state index contributed by atoms with van der Waals surface area (Å²) in [7, 11) is 1.67. The van der Waals surface area contributed by atoms with Gasteiger partial charge in [-0.15, -0.1) is 0 Å². The van der Waals surface area contributed by atoms with Crippen LogP contribution in [-0.2, 0) is 0 Å². The number of benzene rings is 1. The van der Waals surface area contributed by atoms with Crippen LogP contribution in [0.3, 0.4) is 0 Å². The number of methoxy groups -OCH3 is 1. The monoisotopic (exact) mass is 278 g/mol. The van der Waals surface area contributed by atoms with Gasteiger partial charge in [-0.25, -0.2) is 0 Å². The third kappa shape index (κ3) is 4.12. The Hall–Kier alpha value is -1.26. The molecule has 0 spiro atoms. The van der Waals surface area contributed by atoms with E-state index in [-0.39, 0.29) is 0 Å². The summed E-state index contributed by atoms with van der Waals surface area (Å²) >= 11 is 0. The molecule has 0 saturated carbocycles. The van der Waals surface area contributed by atoms with Crippen molar-refractivity contribution in [1.82, 2.24) is 10.2 Å². The van der Waals surface area contributed by atoms with Gasteiger partial charge in [0.1, 0.15) is 18.1 Å². The quantitative estimate of drug-likeness (QED) is 0.863. The fourth-order valence-electron chi connectivity index (χ4n) is 2.66. The summed E-state index contributed by atoms with van der Waals surface area (Å²) in [5, 5.41) is 3.47. The van der Waals surface area contributed by atoms with Crippen LogP contribution in [0.1, 0.15) is 13.8 Å². The Labute approximate surface area is 122 Å². The highest BCUT2D eigenvalue weighted by molar-refractivity contribution is 5.31. The van der Waals surface area contributed by atoms with Gasteiger partial charge in [-0.2, -0.15) is 0 Å². The zero-order valence-electron chi connectivity index (χ0n) is 12.8. The fourth-order valence-corrected chi connectivity index (χ4v) is 2.66. The van der Waals surface area contributed by atoms with Crippen LogP contribution >= 0.6 is 0 Å². The van der Waals surface area contributed by atoms with E-state index in [0.717, 1.165) is 44.3 Å². The second-order valence-corrected chi connectivity index (χ2v) is 5.58. The van der Waals surface area contributed by atoms with Crippen LogP contribution < -0.4 is 14.8 Å². The van der Waals surface area contributed by atoms with E-state index in [1.165, 1.54) is 0 Å². The number of piperazine rings is 1. The lowest BCUT2D eigenvalue weighted by molar-refractivity contribution is 0.105. The average molecular weight is 278 g/mol. The van der Waals surface area contributed by atoms with Gasteiger partial charge in [0.2, 0.25) is 0 Å². The Morgan fingerprint density at radius 3 is 2.60 bits per heavy atom. The smallest absolute Gasteiger partial charge is 0.119 e. The lowest BCUT2D eigenvalue weighted by Crippen LogP contribution is -2.54. The molecule has 1 aliphatic rings. The third-order valence-corrected chi connectivity index (χ3v) is 3.87. The van der Waals surface area contributed by atoms with Gasteiger partial charge in [-0.1, -0.05) is 13.8 Å². The summed E-state index contributed by atoms with van der Waals surface area (Å²) in [4.78, 5) is 2.53. The van der Waals surface area contributed by atoms with Gasteiger partial charge in [0.05, 0.1) is 7.11 Å². The molecular formula is C16H26N2O2. The molecule has 112 valence electrons. The number of hydrogen-bond acceptors (Lipinski definition) is 4. The Morgan fingerprint density at radius 2 is 1.95 bits per heavy atom. The summed E-state index contributed by atoms with van der Waals surface area (Å²) in [6.45, 7) is 9.55. The normalized spacial score (nSPS) is 20.1. The number of nitrogens with one attached hydrogen (secondary N) is 1. The van der Waals surface area contributed by atoms with Gasteiger partial charge in [0.15, 0.2) is 0 Å². The van der Waals surface area contributed by atoms with Crippen LogP contribution in [0.2, 0.25) is 0 Å². The molecule has 4 heteroatoms. The van der Waals surface area contributed by atoms with Gasteiger partial charge in [-0.05, 0) is 30.2 Å². The van der Waals surface area contributed by atoms with Crippen molar-refractivity contribution >= 4 is 0 Å². The van der Waals surface area contributed by atoms with Crippen LogP contribution in [0.5, 0.6) is 11.5 Å². The molecule has 0 aliphatic carbocycles. The minimum atomic E-state index is 0.614. The van der Waals surface area contributed by atoms with Crippen molar-refractivity contribution in [2.24, 2.45) is 5.92 Å². The van der Waals surface area contributed by atoms with Crippen LogP contribution in [0, 0.1) is 5.92 Å². The average Bonchev–Trinajstić information content (AvgIpc) is 2.48. The molecule has 1 fully saturated rings. The number of ether oxygens (including phenoxy) is 2. The Morgan fingerprint density at radius 1 is 1.25 bits per heavy atom. The maximum atomic E-state index is 5.82. The van der Waals surface area contributed by atoms with Gasteiger partial charge >= 0.3 is 0 Å². The lowest BCUT2D eigenvalue weighted by atomic mass is 10.0. The molecule has 1 aromatic carbocycles. The molecular weight excluding hydrogens is 252 g/mol. The van der Waals surface area contributed by atoms with Gasteiger partial charge < -0.3 is 14.8 Å². The molecule has 2 rings (SSSR count). The SMILES string of the molecule is COc1ccc(OCCN2CCNCC2C(C)C)cc1. The van der Waals surface area contributed by atoms with E-state index in [1.54, 1.807) is 7.11 Å². The summed E-state index contributed by atoms with van der Waals surface area (Å²) in [6.07, 6.45) is 0. The third-order valence-electron chi connectivity index (χ3n) is 3.87. The van der Waals surface area contributed by atoms with Gasteiger partial charge in [0.25, 0.3) is 0 Å². The maximum absolute atomic E-state index is 5.82. The molecule has 1 heterocycles. The van der Waals surface area contributed by atoms with Crippen molar-refractivity contribution in [2.45, 2.75) is 19.9 Å². The largest absolute Gasteiger partial charge is 0.497 e. The first kappa shape index (κ1) is 15.1. The zero-order valence-corrected chi connectivity index (χ0v) is 12.8. The minimum Gasteiger partial charge on any atom is -0.497 e. The molecule has 0 bridgehead atoms. The first-order valence-electron chi connectivity index (χ1n) is 7.42. The van der Waals surface area contributed by atoms with E-state index < -0.39 is 0 Å². The van der Waals surface area contributed by atoms with Crippen molar-refractivity contribution in [3.05, 3.63) is 24.3 Å². The highest BCUT2D eigenvalue weighted by Gasteiger charge is 2.24. The Kier molecular flexibility index (Phi) is 5.68. The molecule has 1 atom stereocenters. The molecule has 1 aliphatic heterocycles. The first-order valence-corrected chi connectivity index (χ1v) is 7.42.